The molecule has 4 N–H and O–H groups in total. The van der Waals surface area contributed by atoms with Crippen LogP contribution in [0.4, 0.5) is 0 Å². The van der Waals surface area contributed by atoms with Gasteiger partial charge in [-0.05, 0) is 104 Å². The van der Waals surface area contributed by atoms with Gasteiger partial charge in [-0.2, -0.15) is 0 Å². The highest BCUT2D eigenvalue weighted by Crippen LogP contribution is 2.34. The molecule has 8 heteroatoms. The molecule has 0 radical (unpaired) electrons. The van der Waals surface area contributed by atoms with Crippen molar-refractivity contribution < 1.29 is 19.7 Å². The van der Waals surface area contributed by atoms with Gasteiger partial charge in [0, 0.05) is 9.99 Å². The van der Waals surface area contributed by atoms with Crippen LogP contribution in [-0.4, -0.2) is 19.7 Å². The van der Waals surface area contributed by atoms with Crippen molar-refractivity contribution in [3.8, 4) is 17.2 Å². The Bertz CT molecular complexity index is 732. The number of aromatic hydroxyl groups is 1. The maximum absolute atomic E-state index is 11.2. The van der Waals surface area contributed by atoms with Crippen molar-refractivity contribution in [2.24, 2.45) is 5.73 Å². The number of ether oxygens (including phenoxy) is 1. The summed E-state index contributed by atoms with van der Waals surface area (Å²) >= 11 is 6.07. The summed E-state index contributed by atoms with van der Waals surface area (Å²) in [5.41, 5.74) is 6.67. The lowest BCUT2D eigenvalue weighted by Crippen LogP contribution is -2.43. The molecule has 23 heavy (non-hydrogen) atoms. The van der Waals surface area contributed by atoms with Gasteiger partial charge < -0.3 is 20.7 Å². The standard InChI is InChI=1S/C15H12I3NO4/c16-12-8(7-15(18,19)14(21)22)1-6-11(13(12)17)23-10-4-2-9(20)3-5-10/h1-6,20H,7,19H2,(H,21,22)/t15-/m1/s1. The maximum atomic E-state index is 11.2. The largest absolute Gasteiger partial charge is 0.508 e. The first kappa shape index (κ1) is 19.0. The summed E-state index contributed by atoms with van der Waals surface area (Å²) in [5.74, 6) is 0.396. The van der Waals surface area contributed by atoms with Crippen LogP contribution in [0.25, 0.3) is 0 Å². The van der Waals surface area contributed by atoms with E-state index in [-0.39, 0.29) is 12.2 Å². The molecule has 5 nitrogen and oxygen atoms in total. The Morgan fingerprint density at radius 3 is 2.30 bits per heavy atom. The second-order valence-corrected chi connectivity index (χ2v) is 8.87. The minimum atomic E-state index is -1.35. The van der Waals surface area contributed by atoms with E-state index in [1.165, 1.54) is 0 Å². The highest BCUT2D eigenvalue weighted by Gasteiger charge is 2.31. The van der Waals surface area contributed by atoms with Gasteiger partial charge in [0.25, 0.3) is 0 Å². The first-order valence-electron chi connectivity index (χ1n) is 6.35. The summed E-state index contributed by atoms with van der Waals surface area (Å²) in [5, 5.41) is 18.4. The number of nitrogens with two attached hydrogens (primary N) is 1. The zero-order valence-electron chi connectivity index (χ0n) is 11.6. The van der Waals surface area contributed by atoms with Gasteiger partial charge >= 0.3 is 5.97 Å². The molecule has 2 aromatic rings. The van der Waals surface area contributed by atoms with E-state index in [1.54, 1.807) is 52.9 Å². The van der Waals surface area contributed by atoms with E-state index in [4.69, 9.17) is 15.6 Å². The monoisotopic (exact) mass is 651 g/mol. The van der Waals surface area contributed by atoms with Crippen molar-refractivity contribution in [1.29, 1.82) is 0 Å². The molecule has 0 aliphatic carbocycles. The Kier molecular flexibility index (Phi) is 6.35. The summed E-state index contributed by atoms with van der Waals surface area (Å²) in [7, 11) is 0. The van der Waals surface area contributed by atoms with E-state index < -0.39 is 9.51 Å². The van der Waals surface area contributed by atoms with E-state index in [1.807, 2.05) is 6.07 Å². The minimum absolute atomic E-state index is 0.173. The summed E-state index contributed by atoms with van der Waals surface area (Å²) in [6.45, 7) is 0. The molecular formula is C15H12I3NO4. The van der Waals surface area contributed by atoms with Crippen LogP contribution < -0.4 is 10.5 Å². The van der Waals surface area contributed by atoms with Gasteiger partial charge in [0.15, 0.2) is 3.55 Å². The third kappa shape index (κ3) is 4.82. The number of aliphatic carboxylic acids is 1. The van der Waals surface area contributed by atoms with Crippen molar-refractivity contribution in [1.82, 2.24) is 0 Å². The van der Waals surface area contributed by atoms with Crippen LogP contribution in [0.5, 0.6) is 17.2 Å². The van der Waals surface area contributed by atoms with Gasteiger partial charge in [-0.25, -0.2) is 4.79 Å². The third-order valence-corrected chi connectivity index (χ3v) is 7.17. The first-order chi connectivity index (χ1) is 10.7. The molecule has 0 fully saturated rings. The zero-order chi connectivity index (χ0) is 17.2. The predicted molar refractivity (Wildman–Crippen MR) is 112 cm³/mol. The summed E-state index contributed by atoms with van der Waals surface area (Å²) in [6.07, 6.45) is 0.219. The topological polar surface area (TPSA) is 92.8 Å². The molecule has 122 valence electrons. The van der Waals surface area contributed by atoms with Crippen LogP contribution in [0, 0.1) is 7.14 Å². The van der Waals surface area contributed by atoms with Crippen molar-refractivity contribution >= 4 is 73.7 Å². The number of hydrogen-bond acceptors (Lipinski definition) is 4. The number of hydrogen-bond donors (Lipinski definition) is 3. The molecule has 0 heterocycles. The average Bonchev–Trinajstić information content (AvgIpc) is 2.49. The Morgan fingerprint density at radius 2 is 1.74 bits per heavy atom. The molecule has 2 aromatic carbocycles. The number of benzene rings is 2. The quantitative estimate of drug-likeness (QED) is 0.258. The Balaban J connectivity index is 2.27. The lowest BCUT2D eigenvalue weighted by molar-refractivity contribution is -0.139. The molecule has 1 atom stereocenters. The van der Waals surface area contributed by atoms with E-state index >= 15 is 0 Å². The number of phenols is 1. The molecule has 0 aliphatic rings. The van der Waals surface area contributed by atoms with E-state index in [0.717, 1.165) is 12.7 Å². The van der Waals surface area contributed by atoms with Crippen LogP contribution in [0.3, 0.4) is 0 Å². The fraction of sp³-hybridized carbons (Fsp3) is 0.133. The second-order valence-electron chi connectivity index (χ2n) is 4.79. The average molecular weight is 651 g/mol. The lowest BCUT2D eigenvalue weighted by Gasteiger charge is -2.19. The Labute approximate surface area is 174 Å². The van der Waals surface area contributed by atoms with E-state index in [2.05, 4.69) is 45.2 Å². The summed E-state index contributed by atoms with van der Waals surface area (Å²) in [4.78, 5) is 11.2. The third-order valence-electron chi connectivity index (χ3n) is 2.99. The van der Waals surface area contributed by atoms with Crippen molar-refractivity contribution in [3.63, 3.8) is 0 Å². The van der Waals surface area contributed by atoms with Gasteiger partial charge in [-0.3, -0.25) is 0 Å². The zero-order valence-corrected chi connectivity index (χ0v) is 18.1. The van der Waals surface area contributed by atoms with Gasteiger partial charge in [-0.1, -0.05) is 6.07 Å². The number of alkyl halides is 1. The van der Waals surface area contributed by atoms with Crippen LogP contribution in [0.15, 0.2) is 36.4 Å². The number of halogens is 3. The molecular weight excluding hydrogens is 639 g/mol. The van der Waals surface area contributed by atoms with Crippen molar-refractivity contribution in [3.05, 3.63) is 49.1 Å². The SMILES string of the molecule is N[C@](I)(Cc1ccc(Oc2ccc(O)cc2)c(I)c1I)C(=O)O. The van der Waals surface area contributed by atoms with E-state index in [0.29, 0.717) is 11.5 Å². The predicted octanol–water partition coefficient (Wildman–Crippen LogP) is 4.11. The molecule has 0 aliphatic heterocycles. The van der Waals surface area contributed by atoms with Crippen molar-refractivity contribution in [2.75, 3.05) is 0 Å². The normalized spacial score (nSPS) is 13.4. The Hall–Kier alpha value is -0.340. The molecule has 0 spiro atoms. The Morgan fingerprint density at radius 1 is 1.13 bits per heavy atom. The molecule has 2 rings (SSSR count). The van der Waals surface area contributed by atoms with Gasteiger partial charge in [0.05, 0.1) is 3.57 Å². The fourth-order valence-corrected chi connectivity index (χ4v) is 3.46. The molecule has 0 amide bonds. The molecule has 0 saturated heterocycles. The van der Waals surface area contributed by atoms with Gasteiger partial charge in [-0.15, -0.1) is 0 Å². The summed E-state index contributed by atoms with van der Waals surface area (Å²) in [6, 6.07) is 10.1. The van der Waals surface area contributed by atoms with Crippen molar-refractivity contribution in [2.45, 2.75) is 9.97 Å². The highest BCUT2D eigenvalue weighted by molar-refractivity contribution is 14.1. The smallest absolute Gasteiger partial charge is 0.334 e. The van der Waals surface area contributed by atoms with Crippen LogP contribution in [0.2, 0.25) is 0 Å². The van der Waals surface area contributed by atoms with Gasteiger partial charge in [0.2, 0.25) is 0 Å². The van der Waals surface area contributed by atoms with Crippen LogP contribution in [0.1, 0.15) is 5.56 Å². The number of rotatable bonds is 5. The maximum Gasteiger partial charge on any atom is 0.334 e. The molecule has 0 saturated carbocycles. The molecule has 0 unspecified atom stereocenters. The molecule has 0 aromatic heterocycles. The van der Waals surface area contributed by atoms with E-state index in [9.17, 15) is 9.90 Å². The highest BCUT2D eigenvalue weighted by atomic mass is 127. The lowest BCUT2D eigenvalue weighted by atomic mass is 10.1. The van der Waals surface area contributed by atoms with Gasteiger partial charge in [0.1, 0.15) is 17.2 Å². The fourth-order valence-electron chi connectivity index (χ4n) is 1.78. The van der Waals surface area contributed by atoms with Crippen LogP contribution >= 0.6 is 67.8 Å². The minimum Gasteiger partial charge on any atom is -0.508 e. The van der Waals surface area contributed by atoms with Crippen LogP contribution in [-0.2, 0) is 11.2 Å². The number of carboxylic acid groups (broad SMARTS) is 1. The number of carboxylic acids is 1. The summed E-state index contributed by atoms with van der Waals surface area (Å²) < 4.78 is 6.25. The first-order valence-corrected chi connectivity index (χ1v) is 9.59. The molecule has 0 bridgehead atoms. The number of phenolic OH excluding ortho intramolecular Hbond substituents is 1. The second kappa shape index (κ2) is 7.70. The number of carbonyl (C=O) groups is 1.